The quantitative estimate of drug-likeness (QED) is 0.789. The van der Waals surface area contributed by atoms with Gasteiger partial charge in [0.05, 0.1) is 6.61 Å². The van der Waals surface area contributed by atoms with E-state index >= 15 is 0 Å². The van der Waals surface area contributed by atoms with Crippen molar-refractivity contribution in [3.63, 3.8) is 0 Å². The Labute approximate surface area is 99.4 Å². The summed E-state index contributed by atoms with van der Waals surface area (Å²) in [6, 6.07) is 1.95. The highest BCUT2D eigenvalue weighted by atomic mass is 32.2. The number of ketones is 1. The fraction of sp³-hybridized carbons (Fsp3) is 0.636. The number of aromatic nitrogens is 2. The Balaban J connectivity index is 1.81. The molecule has 1 fully saturated rings. The van der Waals surface area contributed by atoms with E-state index in [0.29, 0.717) is 13.0 Å². The fourth-order valence-corrected chi connectivity index (χ4v) is 2.61. The van der Waals surface area contributed by atoms with E-state index in [-0.39, 0.29) is 11.9 Å². The Morgan fingerprint density at radius 3 is 3.25 bits per heavy atom. The van der Waals surface area contributed by atoms with Crippen LogP contribution in [0.25, 0.3) is 0 Å². The number of nitrogens with zero attached hydrogens (tertiary/aromatic N) is 2. The Hall–Kier alpha value is -0.810. The topological polar surface area (TPSA) is 44.1 Å². The Morgan fingerprint density at radius 2 is 2.62 bits per heavy atom. The minimum absolute atomic E-state index is 0.188. The third-order valence-corrected chi connectivity index (χ3v) is 3.72. The molecule has 1 atom stereocenters. The molecule has 2 rings (SSSR count). The third-order valence-electron chi connectivity index (χ3n) is 2.73. The van der Waals surface area contributed by atoms with Crippen LogP contribution in [0, 0.1) is 0 Å². The second-order valence-corrected chi connectivity index (χ2v) is 5.00. The standard InChI is InChI=1S/C11H16N2O2S/c1-13-9(4-5-12-13)2-3-10(14)11-8-16-7-6-15-11/h4-5,11H,2-3,6-8H2,1H3. The first-order chi connectivity index (χ1) is 7.77. The van der Waals surface area contributed by atoms with E-state index in [1.807, 2.05) is 17.8 Å². The molecular weight excluding hydrogens is 224 g/mol. The van der Waals surface area contributed by atoms with Crippen LogP contribution in [0.5, 0.6) is 0 Å². The van der Waals surface area contributed by atoms with Gasteiger partial charge in [-0.05, 0) is 12.5 Å². The average Bonchev–Trinajstić information content (AvgIpc) is 2.73. The summed E-state index contributed by atoms with van der Waals surface area (Å²) in [5.74, 6) is 2.03. The third kappa shape index (κ3) is 2.86. The number of thioether (sulfide) groups is 1. The molecule has 0 aromatic carbocycles. The highest BCUT2D eigenvalue weighted by Crippen LogP contribution is 2.15. The first-order valence-corrected chi connectivity index (χ1v) is 6.62. The Morgan fingerprint density at radius 1 is 1.75 bits per heavy atom. The largest absolute Gasteiger partial charge is 0.369 e. The number of carbonyl (C=O) groups excluding carboxylic acids is 1. The van der Waals surface area contributed by atoms with Crippen LogP contribution in [0.4, 0.5) is 0 Å². The van der Waals surface area contributed by atoms with E-state index in [2.05, 4.69) is 5.10 Å². The van der Waals surface area contributed by atoms with Crippen LogP contribution in [0.15, 0.2) is 12.3 Å². The SMILES string of the molecule is Cn1nccc1CCC(=O)C1CSCCO1. The molecule has 0 saturated carbocycles. The lowest BCUT2D eigenvalue weighted by Gasteiger charge is -2.20. The summed E-state index contributed by atoms with van der Waals surface area (Å²) in [7, 11) is 1.90. The van der Waals surface area contributed by atoms with Gasteiger partial charge in [-0.1, -0.05) is 0 Å². The van der Waals surface area contributed by atoms with Gasteiger partial charge in [0.15, 0.2) is 5.78 Å². The van der Waals surface area contributed by atoms with Crippen molar-refractivity contribution in [3.8, 4) is 0 Å². The maximum absolute atomic E-state index is 11.8. The monoisotopic (exact) mass is 240 g/mol. The molecule has 0 bridgehead atoms. The number of ether oxygens (including phenoxy) is 1. The van der Waals surface area contributed by atoms with Crippen molar-refractivity contribution in [1.82, 2.24) is 9.78 Å². The highest BCUT2D eigenvalue weighted by Gasteiger charge is 2.21. The molecular formula is C11H16N2O2S. The van der Waals surface area contributed by atoms with E-state index in [1.165, 1.54) is 0 Å². The number of rotatable bonds is 4. The normalized spacial score (nSPS) is 20.9. The van der Waals surface area contributed by atoms with Crippen molar-refractivity contribution in [2.24, 2.45) is 7.05 Å². The second kappa shape index (κ2) is 5.50. The smallest absolute Gasteiger partial charge is 0.162 e. The molecule has 1 aliphatic heterocycles. The molecule has 0 N–H and O–H groups in total. The molecule has 0 amide bonds. The molecule has 0 spiro atoms. The fourth-order valence-electron chi connectivity index (χ4n) is 1.73. The molecule has 88 valence electrons. The van der Waals surface area contributed by atoms with Crippen LogP contribution in [0.2, 0.25) is 0 Å². The van der Waals surface area contributed by atoms with Gasteiger partial charge < -0.3 is 4.74 Å². The molecule has 1 aliphatic rings. The number of carbonyl (C=O) groups is 1. The molecule has 0 aliphatic carbocycles. The van der Waals surface area contributed by atoms with E-state index in [0.717, 1.165) is 23.6 Å². The van der Waals surface area contributed by atoms with E-state index in [4.69, 9.17) is 4.74 Å². The van der Waals surface area contributed by atoms with Crippen LogP contribution in [-0.4, -0.2) is 39.8 Å². The van der Waals surface area contributed by atoms with Gasteiger partial charge in [-0.25, -0.2) is 0 Å². The summed E-state index contributed by atoms with van der Waals surface area (Å²) < 4.78 is 7.26. The van der Waals surface area contributed by atoms with Crippen LogP contribution >= 0.6 is 11.8 Å². The second-order valence-electron chi connectivity index (χ2n) is 3.85. The van der Waals surface area contributed by atoms with Gasteiger partial charge in [0.25, 0.3) is 0 Å². The van der Waals surface area contributed by atoms with E-state index in [9.17, 15) is 4.79 Å². The van der Waals surface area contributed by atoms with Crippen molar-refractivity contribution >= 4 is 17.5 Å². The summed E-state index contributed by atoms with van der Waals surface area (Å²) in [5, 5.41) is 4.08. The van der Waals surface area contributed by atoms with Gasteiger partial charge in [0, 0.05) is 36.9 Å². The minimum Gasteiger partial charge on any atom is -0.369 e. The van der Waals surface area contributed by atoms with Crippen molar-refractivity contribution in [1.29, 1.82) is 0 Å². The molecule has 1 aromatic rings. The highest BCUT2D eigenvalue weighted by molar-refractivity contribution is 7.99. The predicted molar refractivity (Wildman–Crippen MR) is 63.6 cm³/mol. The van der Waals surface area contributed by atoms with Crippen molar-refractivity contribution < 1.29 is 9.53 Å². The number of Topliss-reactive ketones (excluding diaryl/α,β-unsaturated/α-hetero) is 1. The lowest BCUT2D eigenvalue weighted by molar-refractivity contribution is -0.129. The van der Waals surface area contributed by atoms with E-state index < -0.39 is 0 Å². The summed E-state index contributed by atoms with van der Waals surface area (Å²) in [5.41, 5.74) is 1.09. The van der Waals surface area contributed by atoms with Gasteiger partial charge in [-0.3, -0.25) is 9.48 Å². The van der Waals surface area contributed by atoms with Crippen LogP contribution in [0.1, 0.15) is 12.1 Å². The Bertz CT molecular complexity index is 359. The summed E-state index contributed by atoms with van der Waals surface area (Å²) in [6.45, 7) is 0.701. The molecule has 1 aromatic heterocycles. The zero-order chi connectivity index (χ0) is 11.4. The zero-order valence-electron chi connectivity index (χ0n) is 9.39. The average molecular weight is 240 g/mol. The lowest BCUT2D eigenvalue weighted by Crippen LogP contribution is -2.31. The minimum atomic E-state index is -0.188. The molecule has 1 saturated heterocycles. The van der Waals surface area contributed by atoms with Gasteiger partial charge in [0.2, 0.25) is 0 Å². The van der Waals surface area contributed by atoms with Crippen LogP contribution in [-0.2, 0) is 23.0 Å². The number of hydrogen-bond donors (Lipinski definition) is 0. The molecule has 5 heteroatoms. The first kappa shape index (κ1) is 11.7. The summed E-state index contributed by atoms with van der Waals surface area (Å²) in [4.78, 5) is 11.8. The lowest BCUT2D eigenvalue weighted by atomic mass is 10.1. The van der Waals surface area contributed by atoms with E-state index in [1.54, 1.807) is 18.0 Å². The van der Waals surface area contributed by atoms with Gasteiger partial charge in [-0.2, -0.15) is 16.9 Å². The molecule has 1 unspecified atom stereocenters. The van der Waals surface area contributed by atoms with Crippen molar-refractivity contribution in [2.75, 3.05) is 18.1 Å². The zero-order valence-corrected chi connectivity index (χ0v) is 10.2. The van der Waals surface area contributed by atoms with Crippen molar-refractivity contribution in [3.05, 3.63) is 18.0 Å². The van der Waals surface area contributed by atoms with Crippen molar-refractivity contribution in [2.45, 2.75) is 18.9 Å². The Kier molecular flexibility index (Phi) is 4.01. The maximum Gasteiger partial charge on any atom is 0.162 e. The van der Waals surface area contributed by atoms with Gasteiger partial charge in [-0.15, -0.1) is 0 Å². The molecule has 2 heterocycles. The van der Waals surface area contributed by atoms with Gasteiger partial charge >= 0.3 is 0 Å². The summed E-state index contributed by atoms with van der Waals surface area (Å²) >= 11 is 1.79. The summed E-state index contributed by atoms with van der Waals surface area (Å²) in [6.07, 6.45) is 2.86. The molecule has 4 nitrogen and oxygen atoms in total. The van der Waals surface area contributed by atoms with Gasteiger partial charge in [0.1, 0.15) is 6.10 Å². The van der Waals surface area contributed by atoms with Crippen LogP contribution < -0.4 is 0 Å². The number of hydrogen-bond acceptors (Lipinski definition) is 4. The maximum atomic E-state index is 11.8. The number of aryl methyl sites for hydroxylation is 2. The first-order valence-electron chi connectivity index (χ1n) is 5.46. The molecule has 16 heavy (non-hydrogen) atoms. The molecule has 0 radical (unpaired) electrons. The predicted octanol–water partition coefficient (Wildman–Crippen LogP) is 1.05. The van der Waals surface area contributed by atoms with Crippen LogP contribution in [0.3, 0.4) is 0 Å².